The van der Waals surface area contributed by atoms with Gasteiger partial charge >= 0.3 is 0 Å². The molecule has 0 saturated heterocycles. The van der Waals surface area contributed by atoms with Gasteiger partial charge in [-0.15, -0.1) is 0 Å². The van der Waals surface area contributed by atoms with E-state index in [1.54, 1.807) is 19.5 Å². The van der Waals surface area contributed by atoms with Crippen LogP contribution in [0.15, 0.2) is 24.5 Å². The maximum Gasteiger partial charge on any atom is 0.132 e. The average molecular weight is 292 g/mol. The molecular formula is C15H18ClN3O. The zero-order chi connectivity index (χ0) is 14.5. The number of ether oxygens (including phenoxy) is 1. The molecular weight excluding hydrogens is 274 g/mol. The quantitative estimate of drug-likeness (QED) is 0.906. The summed E-state index contributed by atoms with van der Waals surface area (Å²) in [6.45, 7) is 4.99. The molecule has 1 heterocycles. The van der Waals surface area contributed by atoms with E-state index in [0.717, 1.165) is 41.4 Å². The van der Waals surface area contributed by atoms with Crippen molar-refractivity contribution in [3.63, 3.8) is 0 Å². The number of aromatic nitrogens is 2. The smallest absolute Gasteiger partial charge is 0.132 e. The molecule has 0 radical (unpaired) electrons. The Hall–Kier alpha value is -1.81. The van der Waals surface area contributed by atoms with Crippen LogP contribution in [0.5, 0.6) is 5.75 Å². The third-order valence-corrected chi connectivity index (χ3v) is 3.28. The molecule has 20 heavy (non-hydrogen) atoms. The highest BCUT2D eigenvalue weighted by Crippen LogP contribution is 2.34. The Balaban J connectivity index is 2.50. The molecule has 0 atom stereocenters. The molecule has 1 aromatic carbocycles. The lowest BCUT2D eigenvalue weighted by Gasteiger charge is -2.13. The fourth-order valence-corrected chi connectivity index (χ4v) is 2.18. The Morgan fingerprint density at radius 1 is 1.30 bits per heavy atom. The molecule has 4 nitrogen and oxygen atoms in total. The second-order valence-corrected chi connectivity index (χ2v) is 4.90. The van der Waals surface area contributed by atoms with Gasteiger partial charge in [-0.05, 0) is 31.5 Å². The molecule has 0 spiro atoms. The molecule has 0 saturated carbocycles. The van der Waals surface area contributed by atoms with E-state index in [2.05, 4.69) is 22.2 Å². The Morgan fingerprint density at radius 2 is 2.10 bits per heavy atom. The standard InChI is InChI=1S/C15H18ClN3O/c1-4-7-17-15-10(2)14(18-9-19-15)12-8-11(16)5-6-13(12)20-3/h5-6,8-9H,4,7H2,1-3H3,(H,17,18,19). The van der Waals surface area contributed by atoms with Gasteiger partial charge in [0.2, 0.25) is 0 Å². The van der Waals surface area contributed by atoms with Gasteiger partial charge in [-0.2, -0.15) is 0 Å². The summed E-state index contributed by atoms with van der Waals surface area (Å²) in [6, 6.07) is 5.51. The minimum absolute atomic E-state index is 0.655. The number of hydrogen-bond donors (Lipinski definition) is 1. The minimum atomic E-state index is 0.655. The number of nitrogens with one attached hydrogen (secondary N) is 1. The van der Waals surface area contributed by atoms with Gasteiger partial charge in [0.1, 0.15) is 17.9 Å². The topological polar surface area (TPSA) is 47.0 Å². The van der Waals surface area contributed by atoms with E-state index in [1.807, 2.05) is 19.1 Å². The Morgan fingerprint density at radius 3 is 2.80 bits per heavy atom. The third-order valence-electron chi connectivity index (χ3n) is 3.04. The van der Waals surface area contributed by atoms with E-state index in [4.69, 9.17) is 16.3 Å². The van der Waals surface area contributed by atoms with Crippen molar-refractivity contribution >= 4 is 17.4 Å². The lowest BCUT2D eigenvalue weighted by Crippen LogP contribution is -2.05. The predicted molar refractivity (Wildman–Crippen MR) is 82.5 cm³/mol. The van der Waals surface area contributed by atoms with Gasteiger partial charge in [0.25, 0.3) is 0 Å². The van der Waals surface area contributed by atoms with Crippen molar-refractivity contribution in [1.29, 1.82) is 0 Å². The van der Waals surface area contributed by atoms with E-state index in [1.165, 1.54) is 0 Å². The van der Waals surface area contributed by atoms with Crippen molar-refractivity contribution in [2.24, 2.45) is 0 Å². The van der Waals surface area contributed by atoms with Crippen LogP contribution in [0.4, 0.5) is 5.82 Å². The number of rotatable bonds is 5. The van der Waals surface area contributed by atoms with Crippen molar-refractivity contribution in [1.82, 2.24) is 9.97 Å². The molecule has 1 N–H and O–H groups in total. The first kappa shape index (κ1) is 14.6. The SMILES string of the molecule is CCCNc1ncnc(-c2cc(Cl)ccc2OC)c1C. The van der Waals surface area contributed by atoms with Crippen LogP contribution < -0.4 is 10.1 Å². The fraction of sp³-hybridized carbons (Fsp3) is 0.333. The Bertz CT molecular complexity index is 602. The second-order valence-electron chi connectivity index (χ2n) is 4.47. The van der Waals surface area contributed by atoms with Gasteiger partial charge in [-0.1, -0.05) is 18.5 Å². The van der Waals surface area contributed by atoms with Crippen molar-refractivity contribution < 1.29 is 4.74 Å². The van der Waals surface area contributed by atoms with Crippen molar-refractivity contribution in [2.45, 2.75) is 20.3 Å². The number of hydrogen-bond acceptors (Lipinski definition) is 4. The highest BCUT2D eigenvalue weighted by atomic mass is 35.5. The molecule has 0 aliphatic rings. The lowest BCUT2D eigenvalue weighted by molar-refractivity contribution is 0.416. The molecule has 2 rings (SSSR count). The van der Waals surface area contributed by atoms with Gasteiger partial charge in [0.05, 0.1) is 12.8 Å². The number of anilines is 1. The monoisotopic (exact) mass is 291 g/mol. The molecule has 0 aliphatic carbocycles. The zero-order valence-electron chi connectivity index (χ0n) is 11.9. The van der Waals surface area contributed by atoms with Crippen LogP contribution in [-0.4, -0.2) is 23.6 Å². The maximum absolute atomic E-state index is 6.08. The Kier molecular flexibility index (Phi) is 4.79. The third kappa shape index (κ3) is 3.02. The van der Waals surface area contributed by atoms with E-state index in [0.29, 0.717) is 5.02 Å². The van der Waals surface area contributed by atoms with E-state index >= 15 is 0 Å². The highest BCUT2D eigenvalue weighted by Gasteiger charge is 2.13. The fourth-order valence-electron chi connectivity index (χ4n) is 2.01. The maximum atomic E-state index is 6.08. The lowest BCUT2D eigenvalue weighted by atomic mass is 10.1. The molecule has 0 unspecified atom stereocenters. The van der Waals surface area contributed by atoms with Crippen LogP contribution in [-0.2, 0) is 0 Å². The molecule has 0 amide bonds. The summed E-state index contributed by atoms with van der Waals surface area (Å²) < 4.78 is 5.39. The zero-order valence-corrected chi connectivity index (χ0v) is 12.7. The molecule has 5 heteroatoms. The van der Waals surface area contributed by atoms with Gasteiger partial charge in [0.15, 0.2) is 0 Å². The number of nitrogens with zero attached hydrogens (tertiary/aromatic N) is 2. The summed E-state index contributed by atoms with van der Waals surface area (Å²) in [7, 11) is 1.64. The van der Waals surface area contributed by atoms with E-state index in [-0.39, 0.29) is 0 Å². The van der Waals surface area contributed by atoms with Gasteiger partial charge in [-0.3, -0.25) is 0 Å². The van der Waals surface area contributed by atoms with Crippen LogP contribution in [0.2, 0.25) is 5.02 Å². The van der Waals surface area contributed by atoms with E-state index < -0.39 is 0 Å². The van der Waals surface area contributed by atoms with Gasteiger partial charge in [0, 0.05) is 22.7 Å². The number of methoxy groups -OCH3 is 1. The minimum Gasteiger partial charge on any atom is -0.496 e. The molecule has 106 valence electrons. The predicted octanol–water partition coefficient (Wildman–Crippen LogP) is 3.94. The highest BCUT2D eigenvalue weighted by molar-refractivity contribution is 6.31. The summed E-state index contributed by atoms with van der Waals surface area (Å²) in [5.41, 5.74) is 2.69. The van der Waals surface area contributed by atoms with Crippen LogP contribution >= 0.6 is 11.6 Å². The molecule has 1 aromatic heterocycles. The van der Waals surface area contributed by atoms with Crippen LogP contribution in [0.1, 0.15) is 18.9 Å². The first-order valence-corrected chi connectivity index (χ1v) is 6.94. The normalized spacial score (nSPS) is 10.4. The molecule has 0 aliphatic heterocycles. The van der Waals surface area contributed by atoms with Crippen molar-refractivity contribution in [2.75, 3.05) is 19.0 Å². The van der Waals surface area contributed by atoms with Crippen LogP contribution in [0.3, 0.4) is 0 Å². The number of benzene rings is 1. The molecule has 0 fully saturated rings. The molecule has 0 bridgehead atoms. The Labute approximate surface area is 124 Å². The second kappa shape index (κ2) is 6.57. The summed E-state index contributed by atoms with van der Waals surface area (Å²) in [5.74, 6) is 1.59. The van der Waals surface area contributed by atoms with Crippen LogP contribution in [0, 0.1) is 6.92 Å². The van der Waals surface area contributed by atoms with Crippen molar-refractivity contribution in [3.05, 3.63) is 35.1 Å². The largest absolute Gasteiger partial charge is 0.496 e. The van der Waals surface area contributed by atoms with Crippen molar-refractivity contribution in [3.8, 4) is 17.0 Å². The summed E-state index contributed by atoms with van der Waals surface area (Å²) in [4.78, 5) is 8.66. The van der Waals surface area contributed by atoms with Gasteiger partial charge < -0.3 is 10.1 Å². The van der Waals surface area contributed by atoms with E-state index in [9.17, 15) is 0 Å². The number of halogens is 1. The average Bonchev–Trinajstić information content (AvgIpc) is 2.46. The summed E-state index contributed by atoms with van der Waals surface area (Å²) in [6.07, 6.45) is 2.60. The summed E-state index contributed by atoms with van der Waals surface area (Å²) >= 11 is 6.08. The first-order valence-electron chi connectivity index (χ1n) is 6.56. The van der Waals surface area contributed by atoms with Gasteiger partial charge in [-0.25, -0.2) is 9.97 Å². The summed E-state index contributed by atoms with van der Waals surface area (Å²) in [5, 5.41) is 3.95. The first-order chi connectivity index (χ1) is 9.67. The molecule has 2 aromatic rings. The van der Waals surface area contributed by atoms with Crippen LogP contribution in [0.25, 0.3) is 11.3 Å².